The fourth-order valence-corrected chi connectivity index (χ4v) is 5.31. The molecule has 0 spiro atoms. The van der Waals surface area contributed by atoms with Crippen LogP contribution in [0, 0.1) is 20.8 Å². The third-order valence-corrected chi connectivity index (χ3v) is 6.59. The van der Waals surface area contributed by atoms with Crippen LogP contribution in [0.4, 0.5) is 0 Å². The molecule has 0 bridgehead atoms. The van der Waals surface area contributed by atoms with Crippen LogP contribution < -0.4 is 5.73 Å². The van der Waals surface area contributed by atoms with E-state index < -0.39 is 0 Å². The van der Waals surface area contributed by atoms with E-state index >= 15 is 0 Å². The molecule has 2 N–H and O–H groups in total. The Morgan fingerprint density at radius 1 is 1.14 bits per heavy atom. The average molecular weight is 405 g/mol. The van der Waals surface area contributed by atoms with Crippen molar-refractivity contribution in [3.63, 3.8) is 0 Å². The number of aromatic nitrogens is 3. The number of hydrogen-bond donors (Lipinski definition) is 1. The first-order valence-corrected chi connectivity index (χ1v) is 11.0. The van der Waals surface area contributed by atoms with Crippen LogP contribution in [0.3, 0.4) is 0 Å². The predicted octanol–water partition coefficient (Wildman–Crippen LogP) is 5.62. The predicted molar refractivity (Wildman–Crippen MR) is 123 cm³/mol. The second-order valence-electron chi connectivity index (χ2n) is 7.82. The van der Waals surface area contributed by atoms with E-state index in [9.17, 15) is 0 Å². The molecule has 4 aromatic rings. The van der Waals surface area contributed by atoms with Crippen molar-refractivity contribution >= 4 is 22.2 Å². The van der Waals surface area contributed by atoms with Gasteiger partial charge in [-0.2, -0.15) is 5.10 Å². The minimum atomic E-state index is 0.206. The summed E-state index contributed by atoms with van der Waals surface area (Å²) in [7, 11) is 2.05. The molecule has 0 aliphatic rings. The normalized spacial score (nSPS) is 12.6. The summed E-state index contributed by atoms with van der Waals surface area (Å²) in [6, 6.07) is 11.0. The molecule has 0 aliphatic heterocycles. The Balaban J connectivity index is 1.93. The van der Waals surface area contributed by atoms with Gasteiger partial charge >= 0.3 is 0 Å². The number of nitrogens with two attached hydrogens (primary N) is 1. The zero-order valence-corrected chi connectivity index (χ0v) is 18.6. The summed E-state index contributed by atoms with van der Waals surface area (Å²) in [5.41, 5.74) is 15.6. The standard InChI is InChI=1S/C24H28N4S/c1-6-17(20-13-29-21(12-25)26-20)24-19-9-7-8-18(23(19)27-28(24)5)22-15(3)10-14(2)11-16(22)4/h7-11,13,17H,6,12,25H2,1-5H3. The number of hydrogen-bond acceptors (Lipinski definition) is 4. The fourth-order valence-electron chi connectivity index (χ4n) is 4.58. The Kier molecular flexibility index (Phi) is 5.28. The zero-order valence-electron chi connectivity index (χ0n) is 17.8. The van der Waals surface area contributed by atoms with E-state index in [2.05, 4.69) is 63.4 Å². The lowest BCUT2D eigenvalue weighted by Crippen LogP contribution is -2.08. The van der Waals surface area contributed by atoms with Crippen LogP contribution in [0.5, 0.6) is 0 Å². The highest BCUT2D eigenvalue weighted by Gasteiger charge is 2.24. The second kappa shape index (κ2) is 7.73. The van der Waals surface area contributed by atoms with Gasteiger partial charge in [-0.15, -0.1) is 11.3 Å². The molecule has 0 saturated carbocycles. The lowest BCUT2D eigenvalue weighted by atomic mass is 9.90. The largest absolute Gasteiger partial charge is 0.325 e. The van der Waals surface area contributed by atoms with Gasteiger partial charge in [-0.1, -0.05) is 42.8 Å². The van der Waals surface area contributed by atoms with E-state index in [-0.39, 0.29) is 5.92 Å². The number of fused-ring (bicyclic) bond motifs is 1. The molecule has 0 radical (unpaired) electrons. The molecule has 0 aliphatic carbocycles. The third-order valence-electron chi connectivity index (χ3n) is 5.70. The van der Waals surface area contributed by atoms with E-state index in [0.717, 1.165) is 22.6 Å². The molecule has 0 saturated heterocycles. The average Bonchev–Trinajstić information content (AvgIpc) is 3.27. The van der Waals surface area contributed by atoms with Crippen molar-refractivity contribution in [1.29, 1.82) is 0 Å². The maximum Gasteiger partial charge on any atom is 0.106 e. The number of thiazole rings is 1. The molecule has 5 heteroatoms. The zero-order chi connectivity index (χ0) is 20.7. The van der Waals surface area contributed by atoms with Crippen molar-refractivity contribution in [2.24, 2.45) is 12.8 Å². The Morgan fingerprint density at radius 3 is 2.48 bits per heavy atom. The molecule has 2 aromatic heterocycles. The highest BCUT2D eigenvalue weighted by atomic mass is 32.1. The molecule has 4 nitrogen and oxygen atoms in total. The topological polar surface area (TPSA) is 56.7 Å². The molecule has 29 heavy (non-hydrogen) atoms. The van der Waals surface area contributed by atoms with Crippen molar-refractivity contribution in [2.45, 2.75) is 46.6 Å². The lowest BCUT2D eigenvalue weighted by Gasteiger charge is -2.14. The molecular formula is C24H28N4S. The Labute approximate surface area is 176 Å². The van der Waals surface area contributed by atoms with Gasteiger partial charge in [-0.25, -0.2) is 4.98 Å². The summed E-state index contributed by atoms with van der Waals surface area (Å²) in [4.78, 5) is 4.77. The van der Waals surface area contributed by atoms with Crippen LogP contribution in [0.15, 0.2) is 35.7 Å². The Morgan fingerprint density at radius 2 is 1.86 bits per heavy atom. The van der Waals surface area contributed by atoms with Gasteiger partial charge in [0.05, 0.1) is 11.4 Å². The molecular weight excluding hydrogens is 376 g/mol. The smallest absolute Gasteiger partial charge is 0.106 e. The number of benzene rings is 2. The summed E-state index contributed by atoms with van der Waals surface area (Å²) in [5, 5.41) is 9.32. The summed E-state index contributed by atoms with van der Waals surface area (Å²) in [6.45, 7) is 9.23. The summed E-state index contributed by atoms with van der Waals surface area (Å²) in [5.74, 6) is 0.206. The molecule has 1 atom stereocenters. The molecule has 1 unspecified atom stereocenters. The van der Waals surface area contributed by atoms with Gasteiger partial charge in [0.25, 0.3) is 0 Å². The van der Waals surface area contributed by atoms with Crippen molar-refractivity contribution in [2.75, 3.05) is 0 Å². The lowest BCUT2D eigenvalue weighted by molar-refractivity contribution is 0.644. The Bertz CT molecular complexity index is 1160. The van der Waals surface area contributed by atoms with E-state index in [4.69, 9.17) is 15.8 Å². The summed E-state index contributed by atoms with van der Waals surface area (Å²) in [6.07, 6.45) is 0.967. The minimum absolute atomic E-state index is 0.206. The molecule has 4 rings (SSSR count). The quantitative estimate of drug-likeness (QED) is 0.469. The van der Waals surface area contributed by atoms with Gasteiger partial charge in [0.2, 0.25) is 0 Å². The molecule has 150 valence electrons. The van der Waals surface area contributed by atoms with Crippen LogP contribution in [0.1, 0.15) is 52.3 Å². The summed E-state index contributed by atoms with van der Waals surface area (Å²) < 4.78 is 2.04. The molecule has 0 amide bonds. The SMILES string of the molecule is CCC(c1csc(CN)n1)c1c2cccc(-c3c(C)cc(C)cc3C)c2nn1C. The Hall–Kier alpha value is -2.50. The first-order chi connectivity index (χ1) is 13.9. The maximum atomic E-state index is 5.80. The second-order valence-corrected chi connectivity index (χ2v) is 8.76. The van der Waals surface area contributed by atoms with Gasteiger partial charge in [-0.3, -0.25) is 4.68 Å². The molecule has 0 fully saturated rings. The van der Waals surface area contributed by atoms with Gasteiger partial charge in [-0.05, 0) is 43.9 Å². The monoisotopic (exact) mass is 404 g/mol. The first kappa shape index (κ1) is 19.8. The highest BCUT2D eigenvalue weighted by molar-refractivity contribution is 7.09. The number of nitrogens with zero attached hydrogens (tertiary/aromatic N) is 3. The fraction of sp³-hybridized carbons (Fsp3) is 0.333. The van der Waals surface area contributed by atoms with Crippen molar-refractivity contribution < 1.29 is 0 Å². The molecule has 2 aromatic carbocycles. The highest BCUT2D eigenvalue weighted by Crippen LogP contribution is 2.38. The van der Waals surface area contributed by atoms with E-state index in [1.54, 1.807) is 11.3 Å². The van der Waals surface area contributed by atoms with Crippen molar-refractivity contribution in [3.05, 3.63) is 68.8 Å². The van der Waals surface area contributed by atoms with Crippen LogP contribution in [-0.4, -0.2) is 14.8 Å². The van der Waals surface area contributed by atoms with Gasteiger partial charge in [0, 0.05) is 35.8 Å². The number of rotatable bonds is 5. The minimum Gasteiger partial charge on any atom is -0.325 e. The first-order valence-electron chi connectivity index (χ1n) is 10.1. The van der Waals surface area contributed by atoms with Gasteiger partial charge in [0.1, 0.15) is 10.5 Å². The van der Waals surface area contributed by atoms with Crippen LogP contribution in [0.2, 0.25) is 0 Å². The van der Waals surface area contributed by atoms with Crippen molar-refractivity contribution in [1.82, 2.24) is 14.8 Å². The maximum absolute atomic E-state index is 5.80. The van der Waals surface area contributed by atoms with E-state index in [1.807, 2.05) is 11.7 Å². The van der Waals surface area contributed by atoms with E-state index in [0.29, 0.717) is 6.54 Å². The van der Waals surface area contributed by atoms with Crippen LogP contribution in [0.25, 0.3) is 22.0 Å². The van der Waals surface area contributed by atoms with Crippen LogP contribution >= 0.6 is 11.3 Å². The van der Waals surface area contributed by atoms with Crippen LogP contribution in [-0.2, 0) is 13.6 Å². The van der Waals surface area contributed by atoms with Gasteiger partial charge in [0.15, 0.2) is 0 Å². The van der Waals surface area contributed by atoms with E-state index in [1.165, 1.54) is 38.9 Å². The summed E-state index contributed by atoms with van der Waals surface area (Å²) >= 11 is 1.64. The number of aryl methyl sites for hydroxylation is 4. The third kappa shape index (κ3) is 3.38. The van der Waals surface area contributed by atoms with Crippen molar-refractivity contribution in [3.8, 4) is 11.1 Å². The van der Waals surface area contributed by atoms with Gasteiger partial charge < -0.3 is 5.73 Å². The molecule has 2 heterocycles.